The van der Waals surface area contributed by atoms with Gasteiger partial charge in [0.15, 0.2) is 0 Å². The Morgan fingerprint density at radius 2 is 2.06 bits per heavy atom. The van der Waals surface area contributed by atoms with Crippen molar-refractivity contribution in [2.75, 3.05) is 13.1 Å². The summed E-state index contributed by atoms with van der Waals surface area (Å²) in [6.45, 7) is 5.34. The van der Waals surface area contributed by atoms with Gasteiger partial charge in [0.05, 0.1) is 5.92 Å². The lowest BCUT2D eigenvalue weighted by Gasteiger charge is -2.29. The highest BCUT2D eigenvalue weighted by Crippen LogP contribution is 2.31. The molecule has 100 valence electrons. The summed E-state index contributed by atoms with van der Waals surface area (Å²) in [6, 6.07) is 0. The van der Waals surface area contributed by atoms with Crippen LogP contribution >= 0.6 is 0 Å². The van der Waals surface area contributed by atoms with Crippen LogP contribution in [0.15, 0.2) is 12.7 Å². The number of amides is 1. The zero-order chi connectivity index (χ0) is 13.1. The Hall–Kier alpha value is -1.32. The molecule has 1 heterocycles. The Balaban J connectivity index is 1.80. The predicted octanol–water partition coefficient (Wildman–Crippen LogP) is 1.91. The first-order valence-electron chi connectivity index (χ1n) is 6.73. The molecule has 4 heteroatoms. The molecular formula is C14H21NO3. The molecule has 1 unspecified atom stereocenters. The van der Waals surface area contributed by atoms with Crippen molar-refractivity contribution in [2.45, 2.75) is 32.1 Å². The number of likely N-dealkylation sites (tertiary alicyclic amines) is 1. The first kappa shape index (κ1) is 13.1. The third-order valence-electron chi connectivity index (χ3n) is 4.25. The van der Waals surface area contributed by atoms with Gasteiger partial charge >= 0.3 is 5.97 Å². The standard InChI is InChI=1S/C14H21NO3/c1-2-10-7-13(16)15(8-10)9-11-3-5-12(6-4-11)14(17)18/h2,10-12H,1,3-9H2,(H,17,18). The average Bonchev–Trinajstić information content (AvgIpc) is 2.71. The second-order valence-electron chi connectivity index (χ2n) is 5.55. The van der Waals surface area contributed by atoms with Gasteiger partial charge in [0, 0.05) is 25.4 Å². The molecular weight excluding hydrogens is 230 g/mol. The lowest BCUT2D eigenvalue weighted by Crippen LogP contribution is -2.33. The van der Waals surface area contributed by atoms with Crippen LogP contribution in [0.5, 0.6) is 0 Å². The predicted molar refractivity (Wildman–Crippen MR) is 68.0 cm³/mol. The Morgan fingerprint density at radius 1 is 1.39 bits per heavy atom. The molecule has 0 aromatic heterocycles. The van der Waals surface area contributed by atoms with E-state index in [1.54, 1.807) is 0 Å². The summed E-state index contributed by atoms with van der Waals surface area (Å²) < 4.78 is 0. The van der Waals surface area contributed by atoms with Crippen molar-refractivity contribution in [2.24, 2.45) is 17.8 Å². The van der Waals surface area contributed by atoms with Crippen LogP contribution in [0.2, 0.25) is 0 Å². The quantitative estimate of drug-likeness (QED) is 0.776. The van der Waals surface area contributed by atoms with Crippen molar-refractivity contribution < 1.29 is 14.7 Å². The van der Waals surface area contributed by atoms with Crippen molar-refractivity contribution >= 4 is 11.9 Å². The van der Waals surface area contributed by atoms with Crippen LogP contribution in [0.3, 0.4) is 0 Å². The monoisotopic (exact) mass is 251 g/mol. The summed E-state index contributed by atoms with van der Waals surface area (Å²) in [6.07, 6.45) is 5.83. The molecule has 4 nitrogen and oxygen atoms in total. The Bertz CT molecular complexity index is 345. The number of nitrogens with zero attached hydrogens (tertiary/aromatic N) is 1. The topological polar surface area (TPSA) is 57.6 Å². The highest BCUT2D eigenvalue weighted by molar-refractivity contribution is 5.79. The van der Waals surface area contributed by atoms with E-state index in [2.05, 4.69) is 6.58 Å². The van der Waals surface area contributed by atoms with Gasteiger partial charge in [-0.3, -0.25) is 9.59 Å². The lowest BCUT2D eigenvalue weighted by atomic mass is 9.82. The molecule has 0 radical (unpaired) electrons. The van der Waals surface area contributed by atoms with Gasteiger partial charge in [0.2, 0.25) is 5.91 Å². The molecule has 1 atom stereocenters. The molecule has 1 saturated carbocycles. The maximum Gasteiger partial charge on any atom is 0.306 e. The van der Waals surface area contributed by atoms with Gasteiger partial charge in [-0.15, -0.1) is 6.58 Å². The van der Waals surface area contributed by atoms with Gasteiger partial charge in [-0.05, 0) is 31.6 Å². The summed E-state index contributed by atoms with van der Waals surface area (Å²) in [5, 5.41) is 8.94. The van der Waals surface area contributed by atoms with Crippen LogP contribution in [0.4, 0.5) is 0 Å². The maximum absolute atomic E-state index is 11.8. The molecule has 2 aliphatic rings. The highest BCUT2D eigenvalue weighted by atomic mass is 16.4. The van der Waals surface area contributed by atoms with E-state index < -0.39 is 5.97 Å². The summed E-state index contributed by atoms with van der Waals surface area (Å²) in [7, 11) is 0. The molecule has 0 spiro atoms. The molecule has 1 N–H and O–H groups in total. The second-order valence-corrected chi connectivity index (χ2v) is 5.55. The van der Waals surface area contributed by atoms with Gasteiger partial charge in [-0.25, -0.2) is 0 Å². The number of aliphatic carboxylic acids is 1. The van der Waals surface area contributed by atoms with Crippen molar-refractivity contribution in [1.82, 2.24) is 4.90 Å². The fourth-order valence-electron chi connectivity index (χ4n) is 3.04. The molecule has 1 saturated heterocycles. The summed E-state index contributed by atoms with van der Waals surface area (Å²) in [4.78, 5) is 24.6. The van der Waals surface area contributed by atoms with E-state index in [4.69, 9.17) is 5.11 Å². The normalized spacial score (nSPS) is 32.6. The smallest absolute Gasteiger partial charge is 0.306 e. The number of carbonyl (C=O) groups is 2. The van der Waals surface area contributed by atoms with E-state index >= 15 is 0 Å². The minimum absolute atomic E-state index is 0.170. The van der Waals surface area contributed by atoms with Crippen LogP contribution in [0, 0.1) is 17.8 Å². The third kappa shape index (κ3) is 2.92. The molecule has 2 fully saturated rings. The van der Waals surface area contributed by atoms with E-state index in [-0.39, 0.29) is 11.8 Å². The number of rotatable bonds is 4. The number of carboxylic acid groups (broad SMARTS) is 1. The SMILES string of the molecule is C=CC1CC(=O)N(CC2CCC(C(=O)O)CC2)C1. The summed E-state index contributed by atoms with van der Waals surface area (Å²) >= 11 is 0. The molecule has 1 aliphatic carbocycles. The van der Waals surface area contributed by atoms with Crippen LogP contribution < -0.4 is 0 Å². The molecule has 0 aromatic rings. The minimum atomic E-state index is -0.669. The van der Waals surface area contributed by atoms with Gasteiger partial charge in [-0.1, -0.05) is 6.08 Å². The Kier molecular flexibility index (Phi) is 4.04. The number of hydrogen-bond acceptors (Lipinski definition) is 2. The molecule has 1 amide bonds. The summed E-state index contributed by atoms with van der Waals surface area (Å²) in [5.74, 6) is 0.162. The first-order chi connectivity index (χ1) is 8.60. The van der Waals surface area contributed by atoms with Crippen molar-refractivity contribution in [3.63, 3.8) is 0 Å². The lowest BCUT2D eigenvalue weighted by molar-refractivity contribution is -0.143. The largest absolute Gasteiger partial charge is 0.481 e. The van der Waals surface area contributed by atoms with Gasteiger partial charge < -0.3 is 10.0 Å². The molecule has 0 aromatic carbocycles. The average molecular weight is 251 g/mol. The third-order valence-corrected chi connectivity index (χ3v) is 4.25. The van der Waals surface area contributed by atoms with E-state index in [1.165, 1.54) is 0 Å². The summed E-state index contributed by atoms with van der Waals surface area (Å²) in [5.41, 5.74) is 0. The van der Waals surface area contributed by atoms with E-state index in [9.17, 15) is 9.59 Å². The van der Waals surface area contributed by atoms with Crippen LogP contribution in [0.25, 0.3) is 0 Å². The Labute approximate surface area is 108 Å². The van der Waals surface area contributed by atoms with Crippen molar-refractivity contribution in [3.8, 4) is 0 Å². The van der Waals surface area contributed by atoms with Crippen molar-refractivity contribution in [1.29, 1.82) is 0 Å². The van der Waals surface area contributed by atoms with Gasteiger partial charge in [0.1, 0.15) is 0 Å². The first-order valence-corrected chi connectivity index (χ1v) is 6.73. The van der Waals surface area contributed by atoms with Crippen LogP contribution in [-0.2, 0) is 9.59 Å². The molecule has 2 rings (SSSR count). The van der Waals surface area contributed by atoms with Gasteiger partial charge in [0.25, 0.3) is 0 Å². The van der Waals surface area contributed by atoms with Crippen molar-refractivity contribution in [3.05, 3.63) is 12.7 Å². The van der Waals surface area contributed by atoms with Crippen LogP contribution in [0.1, 0.15) is 32.1 Å². The molecule has 1 aliphatic heterocycles. The van der Waals surface area contributed by atoms with Crippen LogP contribution in [-0.4, -0.2) is 35.0 Å². The van der Waals surface area contributed by atoms with E-state index in [1.807, 2.05) is 11.0 Å². The maximum atomic E-state index is 11.8. The Morgan fingerprint density at radius 3 is 2.56 bits per heavy atom. The second kappa shape index (κ2) is 5.55. The minimum Gasteiger partial charge on any atom is -0.481 e. The van der Waals surface area contributed by atoms with Gasteiger partial charge in [-0.2, -0.15) is 0 Å². The fourth-order valence-corrected chi connectivity index (χ4v) is 3.04. The molecule has 0 bridgehead atoms. The molecule has 18 heavy (non-hydrogen) atoms. The number of carboxylic acids is 1. The number of hydrogen-bond donors (Lipinski definition) is 1. The zero-order valence-corrected chi connectivity index (χ0v) is 10.7. The van der Waals surface area contributed by atoms with E-state index in [0.29, 0.717) is 18.3 Å². The number of carbonyl (C=O) groups excluding carboxylic acids is 1. The highest BCUT2D eigenvalue weighted by Gasteiger charge is 2.32. The fraction of sp³-hybridized carbons (Fsp3) is 0.714. The zero-order valence-electron chi connectivity index (χ0n) is 10.7. The van der Waals surface area contributed by atoms with E-state index in [0.717, 1.165) is 38.8 Å².